The second kappa shape index (κ2) is 5.34. The van der Waals surface area contributed by atoms with Gasteiger partial charge in [-0.05, 0) is 42.5 Å². The number of aromatic nitrogens is 2. The van der Waals surface area contributed by atoms with E-state index in [0.717, 1.165) is 21.2 Å². The van der Waals surface area contributed by atoms with Crippen LogP contribution in [-0.2, 0) is 0 Å². The molecule has 0 saturated carbocycles. The van der Waals surface area contributed by atoms with Crippen LogP contribution < -0.4 is 10.6 Å². The van der Waals surface area contributed by atoms with Gasteiger partial charge in [-0.2, -0.15) is 0 Å². The van der Waals surface area contributed by atoms with E-state index in [0.29, 0.717) is 5.69 Å². The van der Waals surface area contributed by atoms with Gasteiger partial charge in [0.05, 0.1) is 17.4 Å². The van der Waals surface area contributed by atoms with Crippen LogP contribution in [0.1, 0.15) is 0 Å². The van der Waals surface area contributed by atoms with Crippen molar-refractivity contribution in [2.45, 2.75) is 0 Å². The van der Waals surface area contributed by atoms with Gasteiger partial charge in [0, 0.05) is 15.8 Å². The number of carbonyl (C=O) groups is 1. The van der Waals surface area contributed by atoms with Crippen LogP contribution in [0.3, 0.4) is 0 Å². The van der Waals surface area contributed by atoms with Gasteiger partial charge in [0.15, 0.2) is 0 Å². The van der Waals surface area contributed by atoms with Crippen LogP contribution in [0.2, 0.25) is 0 Å². The fourth-order valence-corrected chi connectivity index (χ4v) is 2.10. The number of benzene rings is 2. The minimum Gasteiger partial charge on any atom is -0.345 e. The standard InChI is InChI=1S/C14H11BrN4O/c15-9-1-3-10(4-2-9)18-14(20)19-11-5-6-12-13(7-11)17-8-16-12/h1-8H,(H,16,17)(H2,18,19,20). The predicted molar refractivity (Wildman–Crippen MR) is 82.9 cm³/mol. The first-order valence-electron chi connectivity index (χ1n) is 5.97. The maximum Gasteiger partial charge on any atom is 0.323 e. The quantitative estimate of drug-likeness (QED) is 0.665. The molecule has 0 bridgehead atoms. The normalized spacial score (nSPS) is 10.4. The zero-order valence-corrected chi connectivity index (χ0v) is 11.9. The molecule has 3 rings (SSSR count). The molecule has 1 aromatic heterocycles. The van der Waals surface area contributed by atoms with Crippen molar-refractivity contribution in [3.05, 3.63) is 53.3 Å². The Hall–Kier alpha value is -2.34. The van der Waals surface area contributed by atoms with Gasteiger partial charge in [-0.3, -0.25) is 0 Å². The Bertz CT molecular complexity index is 751. The van der Waals surface area contributed by atoms with Gasteiger partial charge >= 0.3 is 6.03 Å². The predicted octanol–water partition coefficient (Wildman–Crippen LogP) is 3.97. The van der Waals surface area contributed by atoms with Crippen LogP contribution in [0.4, 0.5) is 16.2 Å². The van der Waals surface area contributed by atoms with Crippen LogP contribution in [0.25, 0.3) is 11.0 Å². The molecule has 3 aromatic rings. The summed E-state index contributed by atoms with van der Waals surface area (Å²) in [6, 6.07) is 12.6. The summed E-state index contributed by atoms with van der Waals surface area (Å²) in [6.07, 6.45) is 1.62. The van der Waals surface area contributed by atoms with E-state index < -0.39 is 0 Å². The highest BCUT2D eigenvalue weighted by atomic mass is 79.9. The summed E-state index contributed by atoms with van der Waals surface area (Å²) in [5, 5.41) is 5.54. The van der Waals surface area contributed by atoms with E-state index in [9.17, 15) is 4.79 Å². The van der Waals surface area contributed by atoms with Gasteiger partial charge in [-0.15, -0.1) is 0 Å². The molecule has 5 nitrogen and oxygen atoms in total. The van der Waals surface area contributed by atoms with E-state index in [1.165, 1.54) is 0 Å². The SMILES string of the molecule is O=C(Nc1ccc(Br)cc1)Nc1ccc2nc[nH]c2c1. The summed E-state index contributed by atoms with van der Waals surface area (Å²) < 4.78 is 0.966. The molecule has 3 N–H and O–H groups in total. The lowest BCUT2D eigenvalue weighted by Crippen LogP contribution is -2.19. The third-order valence-electron chi connectivity index (χ3n) is 2.78. The first-order valence-corrected chi connectivity index (χ1v) is 6.77. The molecule has 0 aliphatic heterocycles. The number of H-pyrrole nitrogens is 1. The number of nitrogens with one attached hydrogen (secondary N) is 3. The summed E-state index contributed by atoms with van der Waals surface area (Å²) in [7, 11) is 0. The first kappa shape index (κ1) is 12.7. The number of amides is 2. The molecule has 100 valence electrons. The Kier molecular flexibility index (Phi) is 3.39. The zero-order chi connectivity index (χ0) is 13.9. The van der Waals surface area contributed by atoms with Crippen molar-refractivity contribution in [2.24, 2.45) is 0 Å². The number of anilines is 2. The topological polar surface area (TPSA) is 69.8 Å². The molecule has 0 aliphatic rings. The van der Waals surface area contributed by atoms with Crippen LogP contribution >= 0.6 is 15.9 Å². The summed E-state index contributed by atoms with van der Waals surface area (Å²) in [5.74, 6) is 0. The van der Waals surface area contributed by atoms with Crippen molar-refractivity contribution < 1.29 is 4.79 Å². The number of rotatable bonds is 2. The number of nitrogens with zero attached hydrogens (tertiary/aromatic N) is 1. The fourth-order valence-electron chi connectivity index (χ4n) is 1.84. The Morgan fingerprint density at radius 1 is 1.05 bits per heavy atom. The number of imidazole rings is 1. The maximum absolute atomic E-state index is 11.9. The molecule has 6 heteroatoms. The highest BCUT2D eigenvalue weighted by molar-refractivity contribution is 9.10. The van der Waals surface area contributed by atoms with Crippen molar-refractivity contribution in [3.8, 4) is 0 Å². The highest BCUT2D eigenvalue weighted by Gasteiger charge is 2.04. The zero-order valence-electron chi connectivity index (χ0n) is 10.4. The van der Waals surface area contributed by atoms with E-state index in [1.807, 2.05) is 42.5 Å². The molecule has 0 spiro atoms. The lowest BCUT2D eigenvalue weighted by Gasteiger charge is -2.07. The monoisotopic (exact) mass is 330 g/mol. The maximum atomic E-state index is 11.9. The molecular formula is C14H11BrN4O. The second-order valence-electron chi connectivity index (χ2n) is 4.22. The van der Waals surface area contributed by atoms with E-state index in [4.69, 9.17) is 0 Å². The van der Waals surface area contributed by atoms with Crippen LogP contribution in [0.15, 0.2) is 53.3 Å². The molecule has 2 aromatic carbocycles. The van der Waals surface area contributed by atoms with Crippen molar-refractivity contribution in [1.82, 2.24) is 9.97 Å². The molecule has 0 saturated heterocycles. The number of halogens is 1. The molecule has 0 atom stereocenters. The van der Waals surface area contributed by atoms with E-state index >= 15 is 0 Å². The van der Waals surface area contributed by atoms with Gasteiger partial charge in [0.1, 0.15) is 0 Å². The Morgan fingerprint density at radius 2 is 1.75 bits per heavy atom. The highest BCUT2D eigenvalue weighted by Crippen LogP contribution is 2.17. The Labute approximate surface area is 123 Å². The lowest BCUT2D eigenvalue weighted by molar-refractivity contribution is 0.262. The molecule has 20 heavy (non-hydrogen) atoms. The molecule has 0 fully saturated rings. The lowest BCUT2D eigenvalue weighted by atomic mass is 10.3. The van der Waals surface area contributed by atoms with E-state index in [2.05, 4.69) is 36.5 Å². The number of hydrogen-bond donors (Lipinski definition) is 3. The Balaban J connectivity index is 1.70. The van der Waals surface area contributed by atoms with Gasteiger partial charge in [-0.25, -0.2) is 9.78 Å². The number of urea groups is 1. The molecule has 1 heterocycles. The number of aromatic amines is 1. The van der Waals surface area contributed by atoms with Gasteiger partial charge in [0.2, 0.25) is 0 Å². The molecule has 2 amide bonds. The average molecular weight is 331 g/mol. The van der Waals surface area contributed by atoms with Crippen molar-refractivity contribution in [2.75, 3.05) is 10.6 Å². The van der Waals surface area contributed by atoms with Gasteiger partial charge in [0.25, 0.3) is 0 Å². The van der Waals surface area contributed by atoms with Crippen molar-refractivity contribution >= 4 is 44.4 Å². The smallest absolute Gasteiger partial charge is 0.323 e. The summed E-state index contributed by atoms with van der Waals surface area (Å²) >= 11 is 3.35. The van der Waals surface area contributed by atoms with Crippen molar-refractivity contribution in [1.29, 1.82) is 0 Å². The number of carbonyl (C=O) groups excluding carboxylic acids is 1. The van der Waals surface area contributed by atoms with Crippen LogP contribution in [-0.4, -0.2) is 16.0 Å². The molecular weight excluding hydrogens is 320 g/mol. The van der Waals surface area contributed by atoms with Crippen molar-refractivity contribution in [3.63, 3.8) is 0 Å². The van der Waals surface area contributed by atoms with E-state index in [-0.39, 0.29) is 6.03 Å². The molecule has 0 unspecified atom stereocenters. The minimum absolute atomic E-state index is 0.286. The minimum atomic E-state index is -0.286. The summed E-state index contributed by atoms with van der Waals surface area (Å²) in [6.45, 7) is 0. The number of hydrogen-bond acceptors (Lipinski definition) is 2. The third kappa shape index (κ3) is 2.80. The third-order valence-corrected chi connectivity index (χ3v) is 3.31. The summed E-state index contributed by atoms with van der Waals surface area (Å²) in [5.41, 5.74) is 3.18. The van der Waals surface area contributed by atoms with Crippen LogP contribution in [0.5, 0.6) is 0 Å². The molecule has 0 radical (unpaired) electrons. The first-order chi connectivity index (χ1) is 9.70. The average Bonchev–Trinajstić information content (AvgIpc) is 2.89. The number of fused-ring (bicyclic) bond motifs is 1. The van der Waals surface area contributed by atoms with E-state index in [1.54, 1.807) is 6.33 Å². The summed E-state index contributed by atoms with van der Waals surface area (Å²) in [4.78, 5) is 19.0. The second-order valence-corrected chi connectivity index (χ2v) is 5.14. The van der Waals surface area contributed by atoms with Gasteiger partial charge < -0.3 is 15.6 Å². The largest absolute Gasteiger partial charge is 0.345 e. The molecule has 0 aliphatic carbocycles. The fraction of sp³-hybridized carbons (Fsp3) is 0. The van der Waals surface area contributed by atoms with Gasteiger partial charge in [-0.1, -0.05) is 15.9 Å². The Morgan fingerprint density at radius 3 is 2.55 bits per heavy atom. The van der Waals surface area contributed by atoms with Crippen LogP contribution in [0, 0.1) is 0 Å².